The van der Waals surface area contributed by atoms with E-state index >= 15 is 0 Å². The fourth-order valence-corrected chi connectivity index (χ4v) is 5.66. The maximum atomic E-state index is 10.5. The predicted octanol–water partition coefficient (Wildman–Crippen LogP) is 3.01. The van der Waals surface area contributed by atoms with Crippen molar-refractivity contribution in [2.24, 2.45) is 5.41 Å². The normalized spacial score (nSPS) is 16.8. The zero-order valence-corrected chi connectivity index (χ0v) is 19.1. The Labute approximate surface area is 200 Å². The molecular weight excluding hydrogens is 450 g/mol. The lowest BCUT2D eigenvalue weighted by molar-refractivity contribution is 0.231. The third kappa shape index (κ3) is 3.05. The van der Waals surface area contributed by atoms with Gasteiger partial charge in [-0.15, -0.1) is 0 Å². The Morgan fingerprint density at radius 2 is 1.54 bits per heavy atom. The lowest BCUT2D eigenvalue weighted by Gasteiger charge is -2.40. The van der Waals surface area contributed by atoms with Gasteiger partial charge in [0.15, 0.2) is 17.3 Å². The van der Waals surface area contributed by atoms with E-state index in [0.717, 1.165) is 44.6 Å². The van der Waals surface area contributed by atoms with Crippen LogP contribution in [0.1, 0.15) is 29.8 Å². The highest BCUT2D eigenvalue weighted by Gasteiger charge is 2.41. The lowest BCUT2D eigenvalue weighted by Crippen LogP contribution is -2.41. The molecule has 0 bridgehead atoms. The van der Waals surface area contributed by atoms with Crippen molar-refractivity contribution in [2.75, 3.05) is 18.0 Å². The summed E-state index contributed by atoms with van der Waals surface area (Å²) in [6.07, 6.45) is 7.50. The van der Waals surface area contributed by atoms with E-state index in [-0.39, 0.29) is 16.7 Å². The zero-order valence-electron chi connectivity index (χ0n) is 19.1. The number of piperidine rings is 1. The number of phenolic OH excluding ortho intramolecular Hbond substituents is 5. The van der Waals surface area contributed by atoms with E-state index in [1.54, 1.807) is 19.2 Å². The summed E-state index contributed by atoms with van der Waals surface area (Å²) in [6.45, 7) is 3.33. The number of aromatic nitrogens is 4. The van der Waals surface area contributed by atoms with Crippen molar-refractivity contribution in [3.63, 3.8) is 0 Å². The van der Waals surface area contributed by atoms with Crippen LogP contribution in [-0.2, 0) is 12.8 Å². The number of anilines is 1. The molecule has 1 spiro atoms. The van der Waals surface area contributed by atoms with Crippen LogP contribution in [0.4, 0.5) is 5.82 Å². The van der Waals surface area contributed by atoms with Crippen LogP contribution in [0.5, 0.6) is 28.7 Å². The Hall–Kier alpha value is -4.21. The number of aryl methyl sites for hydroxylation is 1. The summed E-state index contributed by atoms with van der Waals surface area (Å²) in [5.41, 5.74) is 3.77. The summed E-state index contributed by atoms with van der Waals surface area (Å²) in [4.78, 5) is 11.6. The quantitative estimate of drug-likeness (QED) is 0.218. The first-order valence-electron chi connectivity index (χ1n) is 11.5. The molecule has 10 nitrogen and oxygen atoms in total. The minimum absolute atomic E-state index is 0.195. The van der Waals surface area contributed by atoms with Crippen LogP contribution in [0.25, 0.3) is 16.8 Å². The molecule has 1 fully saturated rings. The van der Waals surface area contributed by atoms with Gasteiger partial charge in [0.2, 0.25) is 17.2 Å². The Morgan fingerprint density at radius 1 is 0.857 bits per heavy atom. The molecule has 0 saturated carbocycles. The van der Waals surface area contributed by atoms with Gasteiger partial charge < -0.3 is 30.4 Å². The van der Waals surface area contributed by atoms with E-state index < -0.39 is 28.7 Å². The molecule has 35 heavy (non-hydrogen) atoms. The van der Waals surface area contributed by atoms with Crippen molar-refractivity contribution < 1.29 is 25.5 Å². The number of rotatable bonds is 2. The number of nitrogens with zero attached hydrogens (tertiary/aromatic N) is 5. The zero-order chi connectivity index (χ0) is 24.5. The maximum Gasteiger partial charge on any atom is 0.208 e. The largest absolute Gasteiger partial charge is 0.504 e. The van der Waals surface area contributed by atoms with Crippen molar-refractivity contribution in [3.8, 4) is 40.0 Å². The highest BCUT2D eigenvalue weighted by molar-refractivity contribution is 5.86. The third-order valence-electron chi connectivity index (χ3n) is 7.52. The monoisotopic (exact) mass is 475 g/mol. The molecule has 4 heterocycles. The van der Waals surface area contributed by atoms with Crippen LogP contribution in [0.15, 0.2) is 30.6 Å². The first kappa shape index (κ1) is 21.3. The highest BCUT2D eigenvalue weighted by atomic mass is 16.4. The molecule has 1 aromatic carbocycles. The minimum atomic E-state index is -1.01. The molecule has 0 radical (unpaired) electrons. The van der Waals surface area contributed by atoms with Crippen LogP contribution >= 0.6 is 0 Å². The van der Waals surface area contributed by atoms with Crippen LogP contribution in [0.2, 0.25) is 0 Å². The third-order valence-corrected chi connectivity index (χ3v) is 7.52. The van der Waals surface area contributed by atoms with E-state index in [0.29, 0.717) is 11.2 Å². The number of aromatic hydroxyl groups is 5. The Balaban J connectivity index is 1.38. The topological polar surface area (TPSA) is 147 Å². The molecule has 3 aromatic heterocycles. The van der Waals surface area contributed by atoms with Gasteiger partial charge >= 0.3 is 0 Å². The van der Waals surface area contributed by atoms with Crippen molar-refractivity contribution in [3.05, 3.63) is 47.5 Å². The number of pyridine rings is 1. The highest BCUT2D eigenvalue weighted by Crippen LogP contribution is 2.55. The fraction of sp³-hybridized carbons (Fsp3) is 0.320. The van der Waals surface area contributed by atoms with Crippen LogP contribution in [0.3, 0.4) is 0 Å². The van der Waals surface area contributed by atoms with E-state index in [1.807, 2.05) is 12.3 Å². The Kier molecular flexibility index (Phi) is 4.51. The van der Waals surface area contributed by atoms with Gasteiger partial charge in [-0.3, -0.25) is 4.98 Å². The number of fused-ring (bicyclic) bond motifs is 2. The molecule has 1 aliphatic carbocycles. The van der Waals surface area contributed by atoms with Gasteiger partial charge in [0.25, 0.3) is 0 Å². The second-order valence-electron chi connectivity index (χ2n) is 9.57. The number of phenols is 5. The predicted molar refractivity (Wildman–Crippen MR) is 127 cm³/mol. The first-order valence-corrected chi connectivity index (χ1v) is 11.5. The van der Waals surface area contributed by atoms with Gasteiger partial charge in [-0.2, -0.15) is 5.10 Å². The molecule has 1 aliphatic heterocycles. The summed E-state index contributed by atoms with van der Waals surface area (Å²) >= 11 is 0. The molecule has 0 amide bonds. The molecule has 0 atom stereocenters. The summed E-state index contributed by atoms with van der Waals surface area (Å²) in [7, 11) is 0. The fourth-order valence-electron chi connectivity index (χ4n) is 5.66. The van der Waals surface area contributed by atoms with Gasteiger partial charge in [0, 0.05) is 25.0 Å². The first-order chi connectivity index (χ1) is 16.8. The summed E-state index contributed by atoms with van der Waals surface area (Å²) < 4.78 is 1.52. The molecule has 180 valence electrons. The van der Waals surface area contributed by atoms with Crippen molar-refractivity contribution >= 4 is 11.3 Å². The summed E-state index contributed by atoms with van der Waals surface area (Å²) in [5, 5.41) is 55.3. The summed E-state index contributed by atoms with van der Waals surface area (Å²) in [6, 6.07) is 5.96. The smallest absolute Gasteiger partial charge is 0.208 e. The number of hydrogen-bond donors (Lipinski definition) is 5. The Bertz CT molecular complexity index is 1430. The summed E-state index contributed by atoms with van der Waals surface area (Å²) in [5.74, 6) is -3.70. The number of benzene rings is 1. The van der Waals surface area contributed by atoms with E-state index in [4.69, 9.17) is 4.98 Å². The Morgan fingerprint density at radius 3 is 2.23 bits per heavy atom. The van der Waals surface area contributed by atoms with E-state index in [2.05, 4.69) is 21.0 Å². The molecule has 4 aromatic rings. The SMILES string of the molecule is Cc1nc(N2CCC3(CC2)Cc2cccnc2C3)c2ccnn2c1-c1c(O)c(O)c(O)c(O)c1O. The van der Waals surface area contributed by atoms with Crippen LogP contribution in [0, 0.1) is 12.3 Å². The van der Waals surface area contributed by atoms with Crippen LogP contribution in [-0.4, -0.2) is 58.2 Å². The molecule has 10 heteroatoms. The van der Waals surface area contributed by atoms with Gasteiger partial charge in [0.1, 0.15) is 11.2 Å². The van der Waals surface area contributed by atoms with Gasteiger partial charge in [-0.05, 0) is 55.7 Å². The second kappa shape index (κ2) is 7.39. The van der Waals surface area contributed by atoms with Crippen molar-refractivity contribution in [1.82, 2.24) is 19.6 Å². The van der Waals surface area contributed by atoms with E-state index in [9.17, 15) is 25.5 Å². The standard InChI is InChI=1S/C25H25N5O5/c1-13-18(17-19(31)21(33)23(35)22(34)20(17)32)30-16(4-8-27-30)24(28-13)29-9-5-25(6-10-29)11-14-3-2-7-26-15(14)12-25/h2-4,7-8,31-35H,5-6,9-12H2,1H3. The minimum Gasteiger partial charge on any atom is -0.504 e. The molecule has 0 unspecified atom stereocenters. The van der Waals surface area contributed by atoms with Gasteiger partial charge in [-0.1, -0.05) is 6.07 Å². The average Bonchev–Trinajstić information content (AvgIpc) is 3.48. The average molecular weight is 476 g/mol. The number of hydrogen-bond acceptors (Lipinski definition) is 9. The lowest BCUT2D eigenvalue weighted by atomic mass is 9.76. The molecule has 6 rings (SSSR count). The van der Waals surface area contributed by atoms with Gasteiger partial charge in [0.05, 0.1) is 17.5 Å². The molecular formula is C25H25N5O5. The maximum absolute atomic E-state index is 10.5. The van der Waals surface area contributed by atoms with E-state index in [1.165, 1.54) is 15.8 Å². The van der Waals surface area contributed by atoms with Crippen molar-refractivity contribution in [1.29, 1.82) is 0 Å². The molecule has 1 saturated heterocycles. The van der Waals surface area contributed by atoms with Crippen molar-refractivity contribution in [2.45, 2.75) is 32.6 Å². The molecule has 2 aliphatic rings. The molecule has 5 N–H and O–H groups in total. The van der Waals surface area contributed by atoms with Gasteiger partial charge in [-0.25, -0.2) is 9.50 Å². The van der Waals surface area contributed by atoms with Crippen LogP contribution < -0.4 is 4.90 Å². The second-order valence-corrected chi connectivity index (χ2v) is 9.57.